The van der Waals surface area contributed by atoms with E-state index in [1.165, 1.54) is 31.2 Å². The Morgan fingerprint density at radius 1 is 0.808 bits per heavy atom. The largest absolute Gasteiger partial charge is 0.450 e. The van der Waals surface area contributed by atoms with Crippen molar-refractivity contribution in [2.24, 2.45) is 0 Å². The molecule has 4 nitrogen and oxygen atoms in total. The van der Waals surface area contributed by atoms with Gasteiger partial charge in [-0.05, 0) is 37.0 Å². The Kier molecular flexibility index (Phi) is 6.82. The molecular weight excluding hydrogens is 326 g/mol. The van der Waals surface area contributed by atoms with Gasteiger partial charge in [0.05, 0.1) is 17.5 Å². The van der Waals surface area contributed by atoms with Gasteiger partial charge in [-0.1, -0.05) is 68.1 Å². The van der Waals surface area contributed by atoms with Crippen molar-refractivity contribution in [2.45, 2.75) is 44.9 Å². The summed E-state index contributed by atoms with van der Waals surface area (Å²) >= 11 is 0. The Labute approximate surface area is 153 Å². The first-order valence-electron chi connectivity index (χ1n) is 9.39. The SMILES string of the molecule is O=c1oc(OCCCCCCCCc2ccccc2)nc2ccccc12. The van der Waals surface area contributed by atoms with Gasteiger partial charge in [0.1, 0.15) is 0 Å². The summed E-state index contributed by atoms with van der Waals surface area (Å²) in [5.74, 6) is 0. The molecule has 0 unspecified atom stereocenters. The highest BCUT2D eigenvalue weighted by Crippen LogP contribution is 2.13. The highest BCUT2D eigenvalue weighted by Gasteiger charge is 2.06. The molecule has 0 spiro atoms. The van der Waals surface area contributed by atoms with Crippen molar-refractivity contribution < 1.29 is 9.15 Å². The number of rotatable bonds is 10. The van der Waals surface area contributed by atoms with E-state index in [1.54, 1.807) is 18.2 Å². The van der Waals surface area contributed by atoms with Crippen LogP contribution in [0, 0.1) is 0 Å². The lowest BCUT2D eigenvalue weighted by Crippen LogP contribution is -2.06. The molecule has 136 valence electrons. The van der Waals surface area contributed by atoms with Crippen LogP contribution in [0.25, 0.3) is 10.9 Å². The number of ether oxygens (including phenoxy) is 1. The molecule has 0 atom stereocenters. The van der Waals surface area contributed by atoms with Gasteiger partial charge >= 0.3 is 11.7 Å². The molecule has 1 aromatic heterocycles. The standard InChI is InChI=1S/C22H25NO3/c24-21-19-15-9-10-16-20(19)23-22(26-21)25-17-11-4-2-1-3-6-12-18-13-7-5-8-14-18/h5,7-10,13-16H,1-4,6,11-12,17H2. The van der Waals surface area contributed by atoms with Crippen molar-refractivity contribution in [2.75, 3.05) is 6.61 Å². The van der Waals surface area contributed by atoms with E-state index >= 15 is 0 Å². The van der Waals surface area contributed by atoms with Crippen LogP contribution in [-0.2, 0) is 6.42 Å². The lowest BCUT2D eigenvalue weighted by atomic mass is 10.1. The van der Waals surface area contributed by atoms with Crippen LogP contribution in [0.5, 0.6) is 6.08 Å². The van der Waals surface area contributed by atoms with E-state index in [2.05, 4.69) is 35.3 Å². The molecule has 0 radical (unpaired) electrons. The Morgan fingerprint density at radius 2 is 1.50 bits per heavy atom. The zero-order valence-electron chi connectivity index (χ0n) is 15.0. The van der Waals surface area contributed by atoms with Gasteiger partial charge in [0.2, 0.25) is 0 Å². The number of unbranched alkanes of at least 4 members (excludes halogenated alkanes) is 5. The third kappa shape index (κ3) is 5.45. The third-order valence-corrected chi connectivity index (χ3v) is 4.44. The molecule has 2 aromatic carbocycles. The highest BCUT2D eigenvalue weighted by molar-refractivity contribution is 5.76. The molecule has 3 rings (SSSR count). The van der Waals surface area contributed by atoms with Crippen LogP contribution < -0.4 is 10.4 Å². The molecule has 4 heteroatoms. The number of para-hydroxylation sites is 1. The Bertz CT molecular complexity index is 858. The summed E-state index contributed by atoms with van der Waals surface area (Å²) in [5.41, 5.74) is 1.63. The molecule has 0 aliphatic carbocycles. The minimum Gasteiger partial charge on any atom is -0.450 e. The molecule has 0 saturated carbocycles. The first-order valence-corrected chi connectivity index (χ1v) is 9.39. The number of aromatic nitrogens is 1. The second kappa shape index (κ2) is 9.76. The van der Waals surface area contributed by atoms with Gasteiger partial charge in [-0.2, -0.15) is 4.98 Å². The van der Waals surface area contributed by atoms with Gasteiger partial charge < -0.3 is 9.15 Å². The molecule has 0 aliphatic rings. The average molecular weight is 351 g/mol. The maximum atomic E-state index is 11.9. The fourth-order valence-electron chi connectivity index (χ4n) is 3.00. The fourth-order valence-corrected chi connectivity index (χ4v) is 3.00. The normalized spacial score (nSPS) is 10.9. The van der Waals surface area contributed by atoms with Crippen molar-refractivity contribution in [3.8, 4) is 6.08 Å². The van der Waals surface area contributed by atoms with Gasteiger partial charge in [0.15, 0.2) is 0 Å². The zero-order chi connectivity index (χ0) is 18.0. The summed E-state index contributed by atoms with van der Waals surface area (Å²) in [6, 6.07) is 17.8. The highest BCUT2D eigenvalue weighted by atomic mass is 16.6. The summed E-state index contributed by atoms with van der Waals surface area (Å²) in [5, 5.41) is 0.482. The summed E-state index contributed by atoms with van der Waals surface area (Å²) < 4.78 is 10.6. The van der Waals surface area contributed by atoms with Crippen LogP contribution in [-0.4, -0.2) is 11.6 Å². The molecule has 0 bridgehead atoms. The molecule has 3 aromatic rings. The number of hydrogen-bond acceptors (Lipinski definition) is 4. The number of nitrogens with zero attached hydrogens (tertiary/aromatic N) is 1. The number of hydrogen-bond donors (Lipinski definition) is 0. The van der Waals surface area contributed by atoms with Gasteiger partial charge in [-0.25, -0.2) is 4.79 Å². The quantitative estimate of drug-likeness (QED) is 0.474. The van der Waals surface area contributed by atoms with Crippen molar-refractivity contribution >= 4 is 10.9 Å². The average Bonchev–Trinajstić information content (AvgIpc) is 2.67. The lowest BCUT2D eigenvalue weighted by molar-refractivity contribution is 0.211. The molecule has 0 aliphatic heterocycles. The summed E-state index contributed by atoms with van der Waals surface area (Å²) in [6.45, 7) is 0.526. The number of fused-ring (bicyclic) bond motifs is 1. The topological polar surface area (TPSA) is 52.3 Å². The van der Waals surface area contributed by atoms with Gasteiger partial charge in [-0.15, -0.1) is 0 Å². The van der Waals surface area contributed by atoms with E-state index in [4.69, 9.17) is 9.15 Å². The predicted molar refractivity (Wildman–Crippen MR) is 104 cm³/mol. The molecule has 0 fully saturated rings. The fraction of sp³-hybridized carbons (Fsp3) is 0.364. The summed E-state index contributed by atoms with van der Waals surface area (Å²) in [6.07, 6.45) is 8.24. The zero-order valence-corrected chi connectivity index (χ0v) is 15.0. The first-order chi connectivity index (χ1) is 12.8. The van der Waals surface area contributed by atoms with Crippen LogP contribution in [0.1, 0.15) is 44.1 Å². The van der Waals surface area contributed by atoms with Crippen molar-refractivity contribution in [3.63, 3.8) is 0 Å². The van der Waals surface area contributed by atoms with Crippen molar-refractivity contribution in [1.82, 2.24) is 4.98 Å². The minimum atomic E-state index is -0.399. The monoisotopic (exact) mass is 351 g/mol. The number of aryl methyl sites for hydroxylation is 1. The van der Waals surface area contributed by atoms with Crippen LogP contribution in [0.3, 0.4) is 0 Å². The van der Waals surface area contributed by atoms with Crippen LogP contribution in [0.2, 0.25) is 0 Å². The van der Waals surface area contributed by atoms with Crippen LogP contribution in [0.15, 0.2) is 63.8 Å². The molecule has 1 heterocycles. The first kappa shape index (κ1) is 18.2. The molecule has 0 amide bonds. The molecule has 0 saturated heterocycles. The van der Waals surface area contributed by atoms with Gasteiger partial charge in [0.25, 0.3) is 0 Å². The Balaban J connectivity index is 1.28. The second-order valence-corrected chi connectivity index (χ2v) is 6.49. The van der Waals surface area contributed by atoms with Gasteiger partial charge in [0, 0.05) is 0 Å². The molecule has 0 N–H and O–H groups in total. The third-order valence-electron chi connectivity index (χ3n) is 4.44. The van der Waals surface area contributed by atoms with E-state index in [9.17, 15) is 4.79 Å². The van der Waals surface area contributed by atoms with E-state index in [0.717, 1.165) is 19.3 Å². The lowest BCUT2D eigenvalue weighted by Gasteiger charge is -2.05. The van der Waals surface area contributed by atoms with Crippen molar-refractivity contribution in [1.29, 1.82) is 0 Å². The maximum Gasteiger partial charge on any atom is 0.397 e. The van der Waals surface area contributed by atoms with Crippen molar-refractivity contribution in [3.05, 3.63) is 70.6 Å². The minimum absolute atomic E-state index is 0.0663. The molecule has 26 heavy (non-hydrogen) atoms. The van der Waals surface area contributed by atoms with E-state index < -0.39 is 5.63 Å². The Hall–Kier alpha value is -2.62. The van der Waals surface area contributed by atoms with E-state index in [0.29, 0.717) is 17.5 Å². The smallest absolute Gasteiger partial charge is 0.397 e. The number of benzene rings is 2. The summed E-state index contributed by atoms with van der Waals surface area (Å²) in [7, 11) is 0. The maximum absolute atomic E-state index is 11.9. The second-order valence-electron chi connectivity index (χ2n) is 6.49. The van der Waals surface area contributed by atoms with E-state index in [1.807, 2.05) is 6.07 Å². The predicted octanol–water partition coefficient (Wildman–Crippen LogP) is 5.15. The van der Waals surface area contributed by atoms with Crippen LogP contribution >= 0.6 is 0 Å². The van der Waals surface area contributed by atoms with Crippen LogP contribution in [0.4, 0.5) is 0 Å². The Morgan fingerprint density at radius 3 is 2.35 bits per heavy atom. The summed E-state index contributed by atoms with van der Waals surface area (Å²) in [4.78, 5) is 16.1. The van der Waals surface area contributed by atoms with E-state index in [-0.39, 0.29) is 6.08 Å². The molecular formula is C22H25NO3. The van der Waals surface area contributed by atoms with Gasteiger partial charge in [-0.3, -0.25) is 0 Å².